The summed E-state index contributed by atoms with van der Waals surface area (Å²) in [5, 5.41) is 6.21. The van der Waals surface area contributed by atoms with Crippen molar-refractivity contribution in [3.8, 4) is 5.75 Å². The zero-order chi connectivity index (χ0) is 14.5. The van der Waals surface area contributed by atoms with Crippen molar-refractivity contribution in [2.45, 2.75) is 6.10 Å². The number of thioether (sulfide) groups is 1. The van der Waals surface area contributed by atoms with Gasteiger partial charge in [0.15, 0.2) is 6.10 Å². The molecule has 0 bridgehead atoms. The molecule has 0 radical (unpaired) electrons. The Balaban J connectivity index is 1.44. The molecule has 1 aromatic rings. The number of nitrogens with zero attached hydrogens (tertiary/aromatic N) is 1. The number of carbonyl (C=O) groups excluding carboxylic acids is 1. The zero-order valence-corrected chi connectivity index (χ0v) is 12.8. The first-order valence-electron chi connectivity index (χ1n) is 7.40. The molecular weight excluding hydrogens is 286 g/mol. The predicted molar refractivity (Wildman–Crippen MR) is 86.1 cm³/mol. The number of para-hydroxylation sites is 2. The van der Waals surface area contributed by atoms with Crippen molar-refractivity contribution in [2.24, 2.45) is 0 Å². The average molecular weight is 307 g/mol. The molecule has 21 heavy (non-hydrogen) atoms. The second-order valence-corrected chi connectivity index (χ2v) is 6.45. The summed E-state index contributed by atoms with van der Waals surface area (Å²) in [4.78, 5) is 14.5. The Labute approximate surface area is 129 Å². The molecule has 0 saturated carbocycles. The van der Waals surface area contributed by atoms with Gasteiger partial charge in [-0.15, -0.1) is 0 Å². The number of nitrogens with one attached hydrogen (secondary N) is 2. The molecule has 1 unspecified atom stereocenters. The highest BCUT2D eigenvalue weighted by atomic mass is 32.2. The molecule has 6 heteroatoms. The monoisotopic (exact) mass is 307 g/mol. The van der Waals surface area contributed by atoms with Gasteiger partial charge in [-0.25, -0.2) is 0 Å². The van der Waals surface area contributed by atoms with E-state index in [-0.39, 0.29) is 5.91 Å². The molecule has 3 rings (SSSR count). The quantitative estimate of drug-likeness (QED) is 0.870. The third-order valence-electron chi connectivity index (χ3n) is 3.76. The number of hydrogen-bond acceptors (Lipinski definition) is 5. The Bertz CT molecular complexity index is 492. The van der Waals surface area contributed by atoms with Gasteiger partial charge in [0.1, 0.15) is 5.75 Å². The molecule has 114 valence electrons. The van der Waals surface area contributed by atoms with Gasteiger partial charge in [-0.05, 0) is 12.1 Å². The van der Waals surface area contributed by atoms with Gasteiger partial charge in [0, 0.05) is 37.7 Å². The smallest absolute Gasteiger partial charge is 0.262 e. The van der Waals surface area contributed by atoms with Crippen molar-refractivity contribution in [3.63, 3.8) is 0 Å². The minimum absolute atomic E-state index is 0.0385. The fourth-order valence-corrected chi connectivity index (χ4v) is 3.51. The van der Waals surface area contributed by atoms with Crippen LogP contribution in [0.3, 0.4) is 0 Å². The number of benzene rings is 1. The number of amides is 1. The van der Waals surface area contributed by atoms with Crippen LogP contribution in [0.15, 0.2) is 24.3 Å². The molecule has 1 atom stereocenters. The maximum atomic E-state index is 12.2. The van der Waals surface area contributed by atoms with E-state index in [1.54, 1.807) is 0 Å². The maximum Gasteiger partial charge on any atom is 0.262 e. The van der Waals surface area contributed by atoms with E-state index in [0.717, 1.165) is 31.1 Å². The van der Waals surface area contributed by atoms with Crippen LogP contribution in [0.1, 0.15) is 0 Å². The molecule has 1 saturated heterocycles. The van der Waals surface area contributed by atoms with Crippen molar-refractivity contribution < 1.29 is 9.53 Å². The highest BCUT2D eigenvalue weighted by Crippen LogP contribution is 2.28. The lowest BCUT2D eigenvalue weighted by atomic mass is 10.2. The van der Waals surface area contributed by atoms with E-state index in [2.05, 4.69) is 15.5 Å². The highest BCUT2D eigenvalue weighted by molar-refractivity contribution is 7.99. The summed E-state index contributed by atoms with van der Waals surface area (Å²) in [5.41, 5.74) is 0.951. The zero-order valence-electron chi connectivity index (χ0n) is 12.0. The van der Waals surface area contributed by atoms with E-state index < -0.39 is 6.10 Å². The van der Waals surface area contributed by atoms with Crippen molar-refractivity contribution >= 4 is 23.4 Å². The van der Waals surface area contributed by atoms with Crippen LogP contribution in [0.5, 0.6) is 5.75 Å². The molecule has 1 aromatic carbocycles. The first kappa shape index (κ1) is 14.5. The minimum atomic E-state index is -0.447. The van der Waals surface area contributed by atoms with E-state index in [4.69, 9.17) is 4.74 Å². The Morgan fingerprint density at radius 3 is 3.05 bits per heavy atom. The van der Waals surface area contributed by atoms with Gasteiger partial charge in [-0.3, -0.25) is 9.69 Å². The summed E-state index contributed by atoms with van der Waals surface area (Å²) in [6.45, 7) is 4.36. The SMILES string of the molecule is O=C(NCCN1CCSCC1)C1CNc2ccccc2O1. The number of hydrogen-bond donors (Lipinski definition) is 2. The van der Waals surface area contributed by atoms with Gasteiger partial charge in [-0.2, -0.15) is 11.8 Å². The number of rotatable bonds is 4. The molecule has 0 aromatic heterocycles. The summed E-state index contributed by atoms with van der Waals surface area (Å²) < 4.78 is 5.74. The van der Waals surface area contributed by atoms with Crippen LogP contribution < -0.4 is 15.4 Å². The highest BCUT2D eigenvalue weighted by Gasteiger charge is 2.25. The summed E-state index contributed by atoms with van der Waals surface area (Å²) in [6.07, 6.45) is -0.447. The second-order valence-electron chi connectivity index (χ2n) is 5.23. The van der Waals surface area contributed by atoms with Crippen LogP contribution >= 0.6 is 11.8 Å². The van der Waals surface area contributed by atoms with Crippen LogP contribution in [0.2, 0.25) is 0 Å². The summed E-state index contributed by atoms with van der Waals surface area (Å²) >= 11 is 2.00. The van der Waals surface area contributed by atoms with Gasteiger partial charge in [0.05, 0.1) is 12.2 Å². The molecule has 2 N–H and O–H groups in total. The van der Waals surface area contributed by atoms with Crippen LogP contribution in [0.4, 0.5) is 5.69 Å². The van der Waals surface area contributed by atoms with Gasteiger partial charge in [-0.1, -0.05) is 12.1 Å². The Morgan fingerprint density at radius 2 is 2.19 bits per heavy atom. The van der Waals surface area contributed by atoms with Gasteiger partial charge < -0.3 is 15.4 Å². The largest absolute Gasteiger partial charge is 0.477 e. The van der Waals surface area contributed by atoms with Crippen LogP contribution in [-0.4, -0.2) is 61.1 Å². The molecular formula is C15H21N3O2S. The van der Waals surface area contributed by atoms with Crippen molar-refractivity contribution in [1.82, 2.24) is 10.2 Å². The average Bonchev–Trinajstić information content (AvgIpc) is 2.55. The van der Waals surface area contributed by atoms with E-state index in [0.29, 0.717) is 13.1 Å². The third-order valence-corrected chi connectivity index (χ3v) is 4.70. The first-order valence-corrected chi connectivity index (χ1v) is 8.56. The number of ether oxygens (including phenoxy) is 1. The van der Waals surface area contributed by atoms with Gasteiger partial charge >= 0.3 is 0 Å². The van der Waals surface area contributed by atoms with Gasteiger partial charge in [0.25, 0.3) is 5.91 Å². The second kappa shape index (κ2) is 7.04. The van der Waals surface area contributed by atoms with Crippen molar-refractivity contribution in [2.75, 3.05) is 49.5 Å². The molecule has 0 spiro atoms. The lowest BCUT2D eigenvalue weighted by molar-refractivity contribution is -0.127. The predicted octanol–water partition coefficient (Wildman–Crippen LogP) is 1.02. The first-order chi connectivity index (χ1) is 10.3. The summed E-state index contributed by atoms with van der Waals surface area (Å²) in [5.74, 6) is 3.10. The molecule has 1 amide bonds. The summed E-state index contributed by atoms with van der Waals surface area (Å²) in [7, 11) is 0. The maximum absolute atomic E-state index is 12.2. The number of fused-ring (bicyclic) bond motifs is 1. The standard InChI is InChI=1S/C15H21N3O2S/c19-15(16-5-6-18-7-9-21-10-8-18)14-11-17-12-3-1-2-4-13(12)20-14/h1-4,14,17H,5-11H2,(H,16,19). The van der Waals surface area contributed by atoms with E-state index in [1.807, 2.05) is 36.0 Å². The third kappa shape index (κ3) is 3.83. The fraction of sp³-hybridized carbons (Fsp3) is 0.533. The molecule has 2 aliphatic heterocycles. The fourth-order valence-electron chi connectivity index (χ4n) is 2.54. The van der Waals surface area contributed by atoms with E-state index in [1.165, 1.54) is 11.5 Å². The Morgan fingerprint density at radius 1 is 1.38 bits per heavy atom. The lowest BCUT2D eigenvalue weighted by Gasteiger charge is -2.28. The van der Waals surface area contributed by atoms with Gasteiger partial charge in [0.2, 0.25) is 0 Å². The van der Waals surface area contributed by atoms with Crippen LogP contribution in [-0.2, 0) is 4.79 Å². The van der Waals surface area contributed by atoms with Crippen molar-refractivity contribution in [1.29, 1.82) is 0 Å². The molecule has 0 aliphatic carbocycles. The van der Waals surface area contributed by atoms with E-state index in [9.17, 15) is 4.79 Å². The van der Waals surface area contributed by atoms with Crippen molar-refractivity contribution in [3.05, 3.63) is 24.3 Å². The molecule has 2 aliphatic rings. The molecule has 1 fully saturated rings. The lowest BCUT2D eigenvalue weighted by Crippen LogP contribution is -2.47. The van der Waals surface area contributed by atoms with Crippen LogP contribution in [0.25, 0.3) is 0 Å². The summed E-state index contributed by atoms with van der Waals surface area (Å²) in [6, 6.07) is 7.70. The molecule has 2 heterocycles. The Kier molecular flexibility index (Phi) is 4.87. The molecule has 5 nitrogen and oxygen atoms in total. The van der Waals surface area contributed by atoms with E-state index >= 15 is 0 Å². The Hall–Kier alpha value is -1.40. The number of anilines is 1. The number of carbonyl (C=O) groups is 1. The topological polar surface area (TPSA) is 53.6 Å². The normalized spacial score (nSPS) is 21.8. The minimum Gasteiger partial charge on any atom is -0.477 e. The van der Waals surface area contributed by atoms with Crippen LogP contribution in [0, 0.1) is 0 Å².